The van der Waals surface area contributed by atoms with Crippen molar-refractivity contribution in [3.05, 3.63) is 0 Å². The molecule has 0 aliphatic carbocycles. The third-order valence-corrected chi connectivity index (χ3v) is 1.31. The van der Waals surface area contributed by atoms with Crippen LogP contribution < -0.4 is 5.73 Å². The van der Waals surface area contributed by atoms with Gasteiger partial charge in [-0.25, -0.2) is 0 Å². The number of unbranched alkanes of at least 4 members (excludes halogenated alkanes) is 3. The molecule has 0 spiro atoms. The minimum Gasteiger partial charge on any atom is -0.385 e. The van der Waals surface area contributed by atoms with Crippen LogP contribution in [0.1, 0.15) is 32.6 Å². The van der Waals surface area contributed by atoms with Gasteiger partial charge in [0.1, 0.15) is 6.29 Å². The molecule has 0 aliphatic rings. The van der Waals surface area contributed by atoms with Crippen molar-refractivity contribution in [2.45, 2.75) is 32.6 Å². The summed E-state index contributed by atoms with van der Waals surface area (Å²) < 4.78 is 4.54. The number of carbonyl (C=O) groups excluding carboxylic acids is 1. The SMILES string of the molecule is CCOC.NCCCCCC=O. The Bertz CT molecular complexity index is 74.9. The fraction of sp³-hybridized carbons (Fsp3) is 0.889. The summed E-state index contributed by atoms with van der Waals surface area (Å²) in [7, 11) is 1.68. The maximum Gasteiger partial charge on any atom is 0.119 e. The Morgan fingerprint density at radius 1 is 1.33 bits per heavy atom. The molecule has 0 unspecified atom stereocenters. The molecule has 0 amide bonds. The van der Waals surface area contributed by atoms with Crippen LogP contribution in [0, 0.1) is 0 Å². The molecule has 3 heteroatoms. The molecule has 0 aliphatic heterocycles. The van der Waals surface area contributed by atoms with Crippen LogP contribution in [0.4, 0.5) is 0 Å². The molecule has 0 atom stereocenters. The van der Waals surface area contributed by atoms with E-state index in [1.165, 1.54) is 0 Å². The summed E-state index contributed by atoms with van der Waals surface area (Å²) in [5, 5.41) is 0. The lowest BCUT2D eigenvalue weighted by atomic mass is 10.2. The van der Waals surface area contributed by atoms with Crippen LogP contribution in [0.25, 0.3) is 0 Å². The van der Waals surface area contributed by atoms with Crippen molar-refractivity contribution in [3.63, 3.8) is 0 Å². The molecule has 0 fully saturated rings. The number of rotatable bonds is 6. The van der Waals surface area contributed by atoms with Gasteiger partial charge < -0.3 is 15.3 Å². The lowest BCUT2D eigenvalue weighted by molar-refractivity contribution is -0.107. The van der Waals surface area contributed by atoms with E-state index in [0.717, 1.165) is 38.7 Å². The van der Waals surface area contributed by atoms with Gasteiger partial charge in [-0.3, -0.25) is 0 Å². The summed E-state index contributed by atoms with van der Waals surface area (Å²) in [5.74, 6) is 0. The van der Waals surface area contributed by atoms with Crippen molar-refractivity contribution in [1.29, 1.82) is 0 Å². The number of methoxy groups -OCH3 is 1. The molecule has 0 aromatic carbocycles. The molecule has 2 N–H and O–H groups in total. The molecule has 0 saturated carbocycles. The van der Waals surface area contributed by atoms with Crippen molar-refractivity contribution in [2.24, 2.45) is 5.73 Å². The number of ether oxygens (including phenoxy) is 1. The number of aldehydes is 1. The maximum atomic E-state index is 9.74. The molecule has 0 radical (unpaired) electrons. The van der Waals surface area contributed by atoms with E-state index in [0.29, 0.717) is 6.42 Å². The lowest BCUT2D eigenvalue weighted by Crippen LogP contribution is -1.97. The minimum absolute atomic E-state index is 0.694. The Morgan fingerprint density at radius 2 is 1.92 bits per heavy atom. The zero-order valence-electron chi connectivity index (χ0n) is 8.21. The van der Waals surface area contributed by atoms with E-state index in [1.54, 1.807) is 7.11 Å². The molecule has 3 nitrogen and oxygen atoms in total. The summed E-state index contributed by atoms with van der Waals surface area (Å²) in [6.07, 6.45) is 4.79. The zero-order chi connectivity index (χ0) is 9.66. The summed E-state index contributed by atoms with van der Waals surface area (Å²) in [4.78, 5) is 9.74. The van der Waals surface area contributed by atoms with Gasteiger partial charge in [-0.05, 0) is 26.3 Å². The van der Waals surface area contributed by atoms with E-state index in [4.69, 9.17) is 5.73 Å². The van der Waals surface area contributed by atoms with Gasteiger partial charge >= 0.3 is 0 Å². The van der Waals surface area contributed by atoms with Crippen LogP contribution in [0.5, 0.6) is 0 Å². The summed E-state index contributed by atoms with van der Waals surface area (Å²) in [5.41, 5.74) is 5.22. The highest BCUT2D eigenvalue weighted by atomic mass is 16.5. The van der Waals surface area contributed by atoms with Crippen molar-refractivity contribution in [3.8, 4) is 0 Å². The van der Waals surface area contributed by atoms with Crippen LogP contribution in [0.2, 0.25) is 0 Å². The topological polar surface area (TPSA) is 52.3 Å². The van der Waals surface area contributed by atoms with Gasteiger partial charge in [0.2, 0.25) is 0 Å². The Kier molecular flexibility index (Phi) is 19.9. The molecule has 0 aromatic heterocycles. The number of hydrogen-bond donors (Lipinski definition) is 1. The molecule has 0 heterocycles. The average molecular weight is 175 g/mol. The second-order valence-corrected chi connectivity index (χ2v) is 2.38. The first-order valence-electron chi connectivity index (χ1n) is 4.46. The lowest BCUT2D eigenvalue weighted by Gasteiger charge is -1.90. The fourth-order valence-electron chi connectivity index (χ4n) is 0.549. The smallest absolute Gasteiger partial charge is 0.119 e. The maximum absolute atomic E-state index is 9.74. The molecular weight excluding hydrogens is 154 g/mol. The van der Waals surface area contributed by atoms with Gasteiger partial charge in [-0.1, -0.05) is 6.42 Å². The predicted molar refractivity (Wildman–Crippen MR) is 51.1 cm³/mol. The number of carbonyl (C=O) groups is 1. The van der Waals surface area contributed by atoms with Crippen molar-refractivity contribution in [2.75, 3.05) is 20.3 Å². The summed E-state index contributed by atoms with van der Waals surface area (Å²) in [6.45, 7) is 3.53. The number of nitrogens with two attached hydrogens (primary N) is 1. The molecular formula is C9H21NO2. The van der Waals surface area contributed by atoms with Gasteiger partial charge in [-0.2, -0.15) is 0 Å². The second kappa shape index (κ2) is 16.9. The molecule has 74 valence electrons. The van der Waals surface area contributed by atoms with E-state index in [9.17, 15) is 4.79 Å². The fourth-order valence-corrected chi connectivity index (χ4v) is 0.549. The van der Waals surface area contributed by atoms with Gasteiger partial charge in [-0.15, -0.1) is 0 Å². The molecule has 0 saturated heterocycles. The summed E-state index contributed by atoms with van der Waals surface area (Å²) in [6, 6.07) is 0. The van der Waals surface area contributed by atoms with Crippen LogP contribution in [0.15, 0.2) is 0 Å². The largest absolute Gasteiger partial charge is 0.385 e. The van der Waals surface area contributed by atoms with Crippen LogP contribution in [-0.4, -0.2) is 26.5 Å². The molecule has 0 bridgehead atoms. The Morgan fingerprint density at radius 3 is 2.25 bits per heavy atom. The summed E-state index contributed by atoms with van der Waals surface area (Å²) >= 11 is 0. The third-order valence-electron chi connectivity index (χ3n) is 1.31. The Labute approximate surface area is 75.3 Å². The van der Waals surface area contributed by atoms with Crippen molar-refractivity contribution in [1.82, 2.24) is 0 Å². The monoisotopic (exact) mass is 175 g/mol. The predicted octanol–water partition coefficient (Wildman–Crippen LogP) is 1.36. The Hall–Kier alpha value is -0.410. The highest BCUT2D eigenvalue weighted by molar-refractivity contribution is 5.48. The quantitative estimate of drug-likeness (QED) is 0.490. The van der Waals surface area contributed by atoms with E-state index >= 15 is 0 Å². The first-order valence-corrected chi connectivity index (χ1v) is 4.46. The minimum atomic E-state index is 0.694. The Balaban J connectivity index is 0. The van der Waals surface area contributed by atoms with Gasteiger partial charge in [0.05, 0.1) is 0 Å². The van der Waals surface area contributed by atoms with Gasteiger partial charge in [0.25, 0.3) is 0 Å². The van der Waals surface area contributed by atoms with Crippen molar-refractivity contribution >= 4 is 6.29 Å². The zero-order valence-corrected chi connectivity index (χ0v) is 8.21. The third kappa shape index (κ3) is 22.6. The van der Waals surface area contributed by atoms with Crippen LogP contribution in [0.3, 0.4) is 0 Å². The van der Waals surface area contributed by atoms with Crippen LogP contribution in [-0.2, 0) is 9.53 Å². The second-order valence-electron chi connectivity index (χ2n) is 2.38. The van der Waals surface area contributed by atoms with Gasteiger partial charge in [0, 0.05) is 20.1 Å². The highest BCUT2D eigenvalue weighted by Gasteiger charge is 1.83. The first kappa shape index (κ1) is 14.1. The molecule has 12 heavy (non-hydrogen) atoms. The van der Waals surface area contributed by atoms with Crippen LogP contribution >= 0.6 is 0 Å². The highest BCUT2D eigenvalue weighted by Crippen LogP contribution is 1.94. The van der Waals surface area contributed by atoms with E-state index in [2.05, 4.69) is 4.74 Å². The van der Waals surface area contributed by atoms with E-state index in [-0.39, 0.29) is 0 Å². The normalized spacial score (nSPS) is 8.58. The number of hydrogen-bond acceptors (Lipinski definition) is 3. The molecule has 0 rings (SSSR count). The molecule has 0 aromatic rings. The van der Waals surface area contributed by atoms with Crippen molar-refractivity contribution < 1.29 is 9.53 Å². The van der Waals surface area contributed by atoms with Gasteiger partial charge in [0.15, 0.2) is 0 Å². The van der Waals surface area contributed by atoms with E-state index < -0.39 is 0 Å². The standard InChI is InChI=1S/C6H13NO.C3H8O/c7-5-3-1-2-4-6-8;1-3-4-2/h6H,1-5,7H2;3H2,1-2H3. The average Bonchev–Trinajstić information content (AvgIpc) is 2.13. The van der Waals surface area contributed by atoms with E-state index in [1.807, 2.05) is 6.92 Å². The first-order chi connectivity index (χ1) is 5.83.